The fourth-order valence-corrected chi connectivity index (χ4v) is 2.87. The van der Waals surface area contributed by atoms with Gasteiger partial charge in [-0.1, -0.05) is 53.1 Å². The van der Waals surface area contributed by atoms with Crippen LogP contribution in [0.1, 0.15) is 64.5 Å². The van der Waals surface area contributed by atoms with Crippen molar-refractivity contribution in [3.8, 4) is 0 Å². The second-order valence-corrected chi connectivity index (χ2v) is 7.82. The van der Waals surface area contributed by atoms with E-state index in [0.717, 1.165) is 33.4 Å². The van der Waals surface area contributed by atoms with Crippen LogP contribution in [0.2, 0.25) is 0 Å². The van der Waals surface area contributed by atoms with E-state index in [1.54, 1.807) is 57.2 Å². The molecule has 3 aromatic carbocycles. The summed E-state index contributed by atoms with van der Waals surface area (Å²) >= 11 is 0. The fourth-order valence-electron chi connectivity index (χ4n) is 2.87. The average Bonchev–Trinajstić information content (AvgIpc) is 2.73. The molecule has 0 aliphatic carbocycles. The minimum absolute atomic E-state index is 0. The number of aromatic carboxylic acids is 3. The molecule has 6 nitrogen and oxygen atoms in total. The Morgan fingerprint density at radius 2 is 0.676 bits per heavy atom. The summed E-state index contributed by atoms with van der Waals surface area (Å²) in [5.74, 6) is -3.32. The number of carboxylic acids is 3. The number of carbonyl (C=O) groups excluding carboxylic acids is 3. The molecule has 0 fully saturated rings. The maximum Gasteiger partial charge on any atom is 3.00 e. The van der Waals surface area contributed by atoms with Gasteiger partial charge in [0.25, 0.3) is 0 Å². The minimum Gasteiger partial charge on any atom is -0.545 e. The van der Waals surface area contributed by atoms with Crippen molar-refractivity contribution in [2.75, 3.05) is 0 Å². The molecule has 0 radical (unpaired) electrons. The molecule has 3 rings (SSSR count). The molecular formula is C27H27GaO6. The van der Waals surface area contributed by atoms with Gasteiger partial charge in [-0.25, -0.2) is 0 Å². The zero-order valence-electron chi connectivity index (χ0n) is 20.2. The third kappa shape index (κ3) is 9.68. The van der Waals surface area contributed by atoms with Gasteiger partial charge in [0, 0.05) is 16.7 Å². The Hall–Kier alpha value is -3.29. The third-order valence-electron chi connectivity index (χ3n) is 4.84. The van der Waals surface area contributed by atoms with Gasteiger partial charge in [0.1, 0.15) is 0 Å². The standard InChI is InChI=1S/3C9H10O2.Ga/c3*1-6-3-4-7(2)8(5-6)9(10)11;/h3*3-5H,1-2H3,(H,10,11);/q;;;+3/p-3. The summed E-state index contributed by atoms with van der Waals surface area (Å²) in [6.45, 7) is 10.8. The second-order valence-electron chi connectivity index (χ2n) is 7.82. The molecule has 0 atom stereocenters. The van der Waals surface area contributed by atoms with Crippen molar-refractivity contribution >= 4 is 37.7 Å². The van der Waals surface area contributed by atoms with Crippen molar-refractivity contribution in [1.29, 1.82) is 0 Å². The third-order valence-corrected chi connectivity index (χ3v) is 4.84. The maximum absolute atomic E-state index is 10.5. The summed E-state index contributed by atoms with van der Waals surface area (Å²) in [6, 6.07) is 15.8. The number of aryl methyl sites for hydroxylation is 6. The summed E-state index contributed by atoms with van der Waals surface area (Å²) in [7, 11) is 0. The Bertz CT molecular complexity index is 1020. The van der Waals surface area contributed by atoms with Crippen molar-refractivity contribution in [2.45, 2.75) is 41.5 Å². The quantitative estimate of drug-likeness (QED) is 0.487. The first-order valence-electron chi connectivity index (χ1n) is 10.2. The van der Waals surface area contributed by atoms with Crippen LogP contribution in [0.3, 0.4) is 0 Å². The van der Waals surface area contributed by atoms with Crippen molar-refractivity contribution in [2.24, 2.45) is 0 Å². The first kappa shape index (κ1) is 30.7. The van der Waals surface area contributed by atoms with Gasteiger partial charge in [-0.05, 0) is 76.4 Å². The molecule has 0 unspecified atom stereocenters. The summed E-state index contributed by atoms with van der Waals surface area (Å²) in [6.07, 6.45) is 0. The number of benzene rings is 3. The van der Waals surface area contributed by atoms with E-state index < -0.39 is 17.9 Å². The molecule has 0 aliphatic rings. The van der Waals surface area contributed by atoms with E-state index in [9.17, 15) is 29.7 Å². The number of carbonyl (C=O) groups is 3. The Kier molecular flexibility index (Phi) is 12.7. The molecular weight excluding hydrogens is 490 g/mol. The number of hydrogen-bond donors (Lipinski definition) is 0. The number of carboxylic acid groups (broad SMARTS) is 3. The van der Waals surface area contributed by atoms with E-state index >= 15 is 0 Å². The molecule has 0 aromatic heterocycles. The fraction of sp³-hybridized carbons (Fsp3) is 0.222. The van der Waals surface area contributed by atoms with Gasteiger partial charge < -0.3 is 29.7 Å². The summed E-state index contributed by atoms with van der Waals surface area (Å²) < 4.78 is 0. The smallest absolute Gasteiger partial charge is 0.545 e. The van der Waals surface area contributed by atoms with E-state index in [1.807, 2.05) is 39.0 Å². The minimum atomic E-state index is -1.11. The SMILES string of the molecule is Cc1ccc(C)c(C(=O)[O-])c1.Cc1ccc(C)c(C(=O)[O-])c1.Cc1ccc(C)c(C(=O)[O-])c1.[Ga+3]. The van der Waals surface area contributed by atoms with E-state index in [2.05, 4.69) is 0 Å². The van der Waals surface area contributed by atoms with Crippen molar-refractivity contribution < 1.29 is 29.7 Å². The Labute approximate surface area is 213 Å². The summed E-state index contributed by atoms with van der Waals surface area (Å²) in [5.41, 5.74) is 5.90. The van der Waals surface area contributed by atoms with Crippen LogP contribution < -0.4 is 15.3 Å². The average molecular weight is 517 g/mol. The molecule has 0 bridgehead atoms. The van der Waals surface area contributed by atoms with Crippen LogP contribution in [0.5, 0.6) is 0 Å². The van der Waals surface area contributed by atoms with Gasteiger partial charge >= 0.3 is 19.8 Å². The summed E-state index contributed by atoms with van der Waals surface area (Å²) in [4.78, 5) is 31.4. The molecule has 3 aromatic rings. The largest absolute Gasteiger partial charge is 3.00 e. The van der Waals surface area contributed by atoms with Crippen LogP contribution in [0.4, 0.5) is 0 Å². The molecule has 0 amide bonds. The second kappa shape index (κ2) is 14.1. The van der Waals surface area contributed by atoms with E-state index in [0.29, 0.717) is 0 Å². The van der Waals surface area contributed by atoms with Crippen LogP contribution in [0, 0.1) is 41.5 Å². The molecule has 0 spiro atoms. The molecule has 0 saturated heterocycles. The Balaban J connectivity index is 0.000000473. The van der Waals surface area contributed by atoms with Crippen LogP contribution in [-0.2, 0) is 0 Å². The number of hydrogen-bond acceptors (Lipinski definition) is 6. The van der Waals surface area contributed by atoms with Crippen molar-refractivity contribution in [1.82, 2.24) is 0 Å². The van der Waals surface area contributed by atoms with Gasteiger partial charge in [0.15, 0.2) is 0 Å². The van der Waals surface area contributed by atoms with Gasteiger partial charge in [0.2, 0.25) is 0 Å². The van der Waals surface area contributed by atoms with Gasteiger partial charge in [-0.15, -0.1) is 0 Å². The molecule has 0 aliphatic heterocycles. The van der Waals surface area contributed by atoms with E-state index in [1.165, 1.54) is 0 Å². The molecule has 174 valence electrons. The van der Waals surface area contributed by atoms with Gasteiger partial charge in [-0.3, -0.25) is 0 Å². The Morgan fingerprint density at radius 1 is 0.471 bits per heavy atom. The molecule has 7 heteroatoms. The molecule has 34 heavy (non-hydrogen) atoms. The summed E-state index contributed by atoms with van der Waals surface area (Å²) in [5, 5.41) is 31.4. The van der Waals surface area contributed by atoms with E-state index in [4.69, 9.17) is 0 Å². The number of rotatable bonds is 3. The van der Waals surface area contributed by atoms with Crippen LogP contribution in [-0.4, -0.2) is 37.7 Å². The van der Waals surface area contributed by atoms with Crippen LogP contribution >= 0.6 is 0 Å². The molecule has 0 saturated carbocycles. The Morgan fingerprint density at radius 3 is 0.824 bits per heavy atom. The van der Waals surface area contributed by atoms with Gasteiger partial charge in [-0.2, -0.15) is 0 Å². The normalized spacial score (nSPS) is 9.35. The first-order valence-corrected chi connectivity index (χ1v) is 10.2. The zero-order valence-corrected chi connectivity index (χ0v) is 22.6. The first-order chi connectivity index (χ1) is 15.3. The van der Waals surface area contributed by atoms with Gasteiger partial charge in [0.05, 0.1) is 17.9 Å². The van der Waals surface area contributed by atoms with Crippen molar-refractivity contribution in [3.63, 3.8) is 0 Å². The zero-order chi connectivity index (χ0) is 25.3. The topological polar surface area (TPSA) is 120 Å². The van der Waals surface area contributed by atoms with E-state index in [-0.39, 0.29) is 36.5 Å². The predicted octanol–water partition coefficient (Wildman–Crippen LogP) is 1.62. The molecule has 0 N–H and O–H groups in total. The monoisotopic (exact) mass is 516 g/mol. The van der Waals surface area contributed by atoms with Crippen LogP contribution in [0.15, 0.2) is 54.6 Å². The maximum atomic E-state index is 10.5. The predicted molar refractivity (Wildman–Crippen MR) is 126 cm³/mol. The van der Waals surface area contributed by atoms with Crippen LogP contribution in [0.25, 0.3) is 0 Å². The molecule has 0 heterocycles. The van der Waals surface area contributed by atoms with Crippen molar-refractivity contribution in [3.05, 3.63) is 105 Å².